The van der Waals surface area contributed by atoms with Gasteiger partial charge in [0.1, 0.15) is 23.4 Å². The number of rotatable bonds is 5. The highest BCUT2D eigenvalue weighted by Crippen LogP contribution is 2.28. The molecule has 0 unspecified atom stereocenters. The summed E-state index contributed by atoms with van der Waals surface area (Å²) in [6, 6.07) is 8.21. The molecular formula is C15H12N6S2. The first kappa shape index (κ1) is 14.0. The summed E-state index contributed by atoms with van der Waals surface area (Å²) in [6.07, 6.45) is 5.04. The summed E-state index contributed by atoms with van der Waals surface area (Å²) in [5.74, 6) is 0. The first-order valence-corrected chi connectivity index (χ1v) is 8.66. The van der Waals surface area contributed by atoms with Gasteiger partial charge < -0.3 is 5.32 Å². The predicted octanol–water partition coefficient (Wildman–Crippen LogP) is 3.65. The van der Waals surface area contributed by atoms with Gasteiger partial charge in [-0.2, -0.15) is 5.10 Å². The van der Waals surface area contributed by atoms with Gasteiger partial charge in [0.2, 0.25) is 0 Å². The minimum atomic E-state index is 0.714. The zero-order chi connectivity index (χ0) is 15.5. The summed E-state index contributed by atoms with van der Waals surface area (Å²) < 4.78 is 1.80. The number of benzene rings is 1. The van der Waals surface area contributed by atoms with E-state index in [1.54, 1.807) is 46.2 Å². The van der Waals surface area contributed by atoms with Crippen molar-refractivity contribution in [2.24, 2.45) is 0 Å². The van der Waals surface area contributed by atoms with Gasteiger partial charge >= 0.3 is 0 Å². The number of thiazole rings is 2. The maximum absolute atomic E-state index is 4.56. The molecule has 4 aromatic rings. The van der Waals surface area contributed by atoms with Crippen LogP contribution in [0.1, 0.15) is 5.56 Å². The van der Waals surface area contributed by atoms with E-state index in [-0.39, 0.29) is 0 Å². The maximum atomic E-state index is 4.56. The fraction of sp³-hybridized carbons (Fsp3) is 0.0667. The Balaban J connectivity index is 1.45. The molecule has 8 heteroatoms. The summed E-state index contributed by atoms with van der Waals surface area (Å²) in [7, 11) is 0. The van der Waals surface area contributed by atoms with Crippen LogP contribution in [0.25, 0.3) is 10.7 Å². The lowest BCUT2D eigenvalue weighted by atomic mass is 10.2. The van der Waals surface area contributed by atoms with Crippen molar-refractivity contribution in [1.82, 2.24) is 24.7 Å². The number of hydrogen-bond acceptors (Lipinski definition) is 7. The van der Waals surface area contributed by atoms with Crippen LogP contribution in [0.5, 0.6) is 0 Å². The Hall–Kier alpha value is -2.58. The highest BCUT2D eigenvalue weighted by Gasteiger charge is 2.07. The lowest BCUT2D eigenvalue weighted by Crippen LogP contribution is -1.99. The summed E-state index contributed by atoms with van der Waals surface area (Å²) in [5, 5.41) is 13.2. The van der Waals surface area contributed by atoms with Gasteiger partial charge in [-0.05, 0) is 17.7 Å². The van der Waals surface area contributed by atoms with E-state index in [4.69, 9.17) is 0 Å². The molecule has 0 saturated carbocycles. The summed E-state index contributed by atoms with van der Waals surface area (Å²) in [6.45, 7) is 0.714. The van der Waals surface area contributed by atoms with Crippen molar-refractivity contribution in [3.8, 4) is 10.7 Å². The molecule has 3 heterocycles. The van der Waals surface area contributed by atoms with Crippen molar-refractivity contribution >= 4 is 33.5 Å². The Labute approximate surface area is 140 Å². The van der Waals surface area contributed by atoms with Crippen LogP contribution in [0.2, 0.25) is 0 Å². The highest BCUT2D eigenvalue weighted by atomic mass is 32.1. The van der Waals surface area contributed by atoms with E-state index in [0.717, 1.165) is 21.5 Å². The third kappa shape index (κ3) is 3.27. The Kier molecular flexibility index (Phi) is 3.83. The number of nitrogens with zero attached hydrogens (tertiary/aromatic N) is 5. The van der Waals surface area contributed by atoms with Crippen LogP contribution >= 0.6 is 22.7 Å². The number of aromatic nitrogens is 5. The van der Waals surface area contributed by atoms with Crippen LogP contribution in [0.15, 0.2) is 53.9 Å². The molecule has 0 fully saturated rings. The van der Waals surface area contributed by atoms with E-state index in [0.29, 0.717) is 6.54 Å². The van der Waals surface area contributed by atoms with Crippen molar-refractivity contribution in [3.05, 3.63) is 59.4 Å². The zero-order valence-electron chi connectivity index (χ0n) is 12.0. The van der Waals surface area contributed by atoms with Crippen LogP contribution < -0.4 is 5.32 Å². The molecule has 1 aromatic carbocycles. The molecular weight excluding hydrogens is 328 g/mol. The smallest absolute Gasteiger partial charge is 0.187 e. The molecule has 0 atom stereocenters. The van der Waals surface area contributed by atoms with Crippen molar-refractivity contribution < 1.29 is 0 Å². The maximum Gasteiger partial charge on any atom is 0.187 e. The Bertz CT molecular complexity index is 865. The normalized spacial score (nSPS) is 10.8. The van der Waals surface area contributed by atoms with E-state index in [2.05, 4.69) is 37.5 Å². The van der Waals surface area contributed by atoms with E-state index in [1.165, 1.54) is 5.56 Å². The molecule has 0 aliphatic rings. The summed E-state index contributed by atoms with van der Waals surface area (Å²) in [4.78, 5) is 12.8. The lowest BCUT2D eigenvalue weighted by molar-refractivity contribution is 0.685. The second kappa shape index (κ2) is 6.27. The molecule has 6 nitrogen and oxygen atoms in total. The zero-order valence-corrected chi connectivity index (χ0v) is 13.6. The molecule has 0 bridgehead atoms. The molecule has 0 saturated heterocycles. The molecule has 114 valence electrons. The van der Waals surface area contributed by atoms with Crippen molar-refractivity contribution in [1.29, 1.82) is 0 Å². The van der Waals surface area contributed by atoms with Gasteiger partial charge in [0, 0.05) is 22.6 Å². The first-order chi connectivity index (χ1) is 11.4. The minimum Gasteiger partial charge on any atom is -0.332 e. The molecule has 0 radical (unpaired) electrons. The molecule has 0 aliphatic heterocycles. The third-order valence-corrected chi connectivity index (χ3v) is 4.73. The third-order valence-electron chi connectivity index (χ3n) is 3.17. The molecule has 4 rings (SSSR count). The standard InChI is InChI=1S/C15H12N6S2/c1-3-12(4-2-11(1)7-21-10-16-9-18-21)19-15-20-13(8-23-15)14-17-5-6-22-14/h1-6,8-10H,7H2,(H,19,20). The van der Waals surface area contributed by atoms with Gasteiger partial charge in [0.05, 0.1) is 6.54 Å². The SMILES string of the molecule is c1csc(-c2csc(Nc3ccc(Cn4cncn4)cc3)n2)n1. The number of hydrogen-bond donors (Lipinski definition) is 1. The van der Waals surface area contributed by atoms with Gasteiger partial charge in [-0.3, -0.25) is 0 Å². The van der Waals surface area contributed by atoms with E-state index < -0.39 is 0 Å². The fourth-order valence-corrected chi connectivity index (χ4v) is 3.49. The van der Waals surface area contributed by atoms with Gasteiger partial charge in [-0.25, -0.2) is 19.6 Å². The molecule has 0 aliphatic carbocycles. The largest absolute Gasteiger partial charge is 0.332 e. The molecule has 0 amide bonds. The molecule has 23 heavy (non-hydrogen) atoms. The van der Waals surface area contributed by atoms with E-state index >= 15 is 0 Å². The second-order valence-corrected chi connectivity index (χ2v) is 6.54. The van der Waals surface area contributed by atoms with Crippen molar-refractivity contribution in [2.45, 2.75) is 6.54 Å². The highest BCUT2D eigenvalue weighted by molar-refractivity contribution is 7.15. The summed E-state index contributed by atoms with van der Waals surface area (Å²) >= 11 is 3.16. The Morgan fingerprint density at radius 3 is 2.78 bits per heavy atom. The molecule has 3 aromatic heterocycles. The van der Waals surface area contributed by atoms with Gasteiger partial charge in [0.15, 0.2) is 5.13 Å². The average molecular weight is 340 g/mol. The Morgan fingerprint density at radius 1 is 1.13 bits per heavy atom. The van der Waals surface area contributed by atoms with E-state index in [9.17, 15) is 0 Å². The first-order valence-electron chi connectivity index (χ1n) is 6.90. The van der Waals surface area contributed by atoms with Crippen molar-refractivity contribution in [2.75, 3.05) is 5.32 Å². The van der Waals surface area contributed by atoms with Crippen LogP contribution in [-0.4, -0.2) is 24.7 Å². The molecule has 0 spiro atoms. The average Bonchev–Trinajstić information content (AvgIpc) is 3.31. The van der Waals surface area contributed by atoms with Crippen LogP contribution in [-0.2, 0) is 6.54 Å². The van der Waals surface area contributed by atoms with Gasteiger partial charge in [-0.15, -0.1) is 22.7 Å². The monoisotopic (exact) mass is 340 g/mol. The quantitative estimate of drug-likeness (QED) is 0.600. The van der Waals surface area contributed by atoms with Crippen LogP contribution in [0.4, 0.5) is 10.8 Å². The van der Waals surface area contributed by atoms with Crippen molar-refractivity contribution in [3.63, 3.8) is 0 Å². The van der Waals surface area contributed by atoms with Gasteiger partial charge in [0.25, 0.3) is 0 Å². The number of nitrogens with one attached hydrogen (secondary N) is 1. The topological polar surface area (TPSA) is 68.5 Å². The predicted molar refractivity (Wildman–Crippen MR) is 92.1 cm³/mol. The second-order valence-electron chi connectivity index (χ2n) is 4.79. The van der Waals surface area contributed by atoms with Crippen LogP contribution in [0.3, 0.4) is 0 Å². The van der Waals surface area contributed by atoms with E-state index in [1.807, 2.05) is 22.9 Å². The van der Waals surface area contributed by atoms with Crippen LogP contribution in [0, 0.1) is 0 Å². The van der Waals surface area contributed by atoms with Gasteiger partial charge in [-0.1, -0.05) is 12.1 Å². The fourth-order valence-electron chi connectivity index (χ4n) is 2.10. The summed E-state index contributed by atoms with van der Waals surface area (Å²) in [5.41, 5.74) is 3.09. The Morgan fingerprint density at radius 2 is 2.04 bits per heavy atom. The number of anilines is 2. The lowest BCUT2D eigenvalue weighted by Gasteiger charge is -2.05. The molecule has 1 N–H and O–H groups in total. The minimum absolute atomic E-state index is 0.714.